The van der Waals surface area contributed by atoms with Gasteiger partial charge in [0, 0.05) is 0 Å². The minimum absolute atomic E-state index is 0.596. The molecular formula is C17H18O. The Bertz CT molecular complexity index is 527. The lowest BCUT2D eigenvalue weighted by Gasteiger charge is -2.07. The van der Waals surface area contributed by atoms with Crippen molar-refractivity contribution in [2.45, 2.75) is 13.8 Å². The monoisotopic (exact) mass is 238 g/mol. The molecule has 0 aliphatic heterocycles. The van der Waals surface area contributed by atoms with E-state index in [0.717, 1.165) is 5.75 Å². The van der Waals surface area contributed by atoms with Crippen molar-refractivity contribution >= 4 is 6.08 Å². The molecule has 0 saturated carbocycles. The molecule has 0 spiro atoms. The molecule has 0 aromatic heterocycles. The summed E-state index contributed by atoms with van der Waals surface area (Å²) in [7, 11) is 0. The van der Waals surface area contributed by atoms with Crippen LogP contribution in [0.3, 0.4) is 0 Å². The van der Waals surface area contributed by atoms with Crippen LogP contribution < -0.4 is 4.74 Å². The number of hydrogen-bond donors (Lipinski definition) is 0. The molecule has 1 nitrogen and oxygen atoms in total. The van der Waals surface area contributed by atoms with Gasteiger partial charge in [-0.2, -0.15) is 0 Å². The highest BCUT2D eigenvalue weighted by Gasteiger charge is 1.97. The average Bonchev–Trinajstić information content (AvgIpc) is 2.38. The van der Waals surface area contributed by atoms with Crippen LogP contribution >= 0.6 is 0 Å². The summed E-state index contributed by atoms with van der Waals surface area (Å²) >= 11 is 0. The highest BCUT2D eigenvalue weighted by atomic mass is 16.5. The fourth-order valence-electron chi connectivity index (χ4n) is 1.85. The van der Waals surface area contributed by atoms with E-state index in [0.29, 0.717) is 6.61 Å². The van der Waals surface area contributed by atoms with E-state index in [-0.39, 0.29) is 0 Å². The molecule has 0 bridgehead atoms. The van der Waals surface area contributed by atoms with E-state index in [9.17, 15) is 0 Å². The molecule has 0 amide bonds. The topological polar surface area (TPSA) is 9.23 Å². The van der Waals surface area contributed by atoms with Crippen LogP contribution in [0.25, 0.3) is 6.08 Å². The number of hydrogen-bond acceptors (Lipinski definition) is 1. The molecule has 1 heteroatoms. The summed E-state index contributed by atoms with van der Waals surface area (Å²) in [5, 5.41) is 0. The predicted octanol–water partition coefficient (Wildman–Crippen LogP) is 4.40. The Morgan fingerprint density at radius 2 is 1.78 bits per heavy atom. The Hall–Kier alpha value is -2.02. The van der Waals surface area contributed by atoms with E-state index in [1.807, 2.05) is 30.3 Å². The van der Waals surface area contributed by atoms with Crippen molar-refractivity contribution in [2.75, 3.05) is 6.61 Å². The van der Waals surface area contributed by atoms with Crippen molar-refractivity contribution in [3.05, 3.63) is 71.3 Å². The summed E-state index contributed by atoms with van der Waals surface area (Å²) in [6.45, 7) is 4.76. The molecule has 0 atom stereocenters. The smallest absolute Gasteiger partial charge is 0.122 e. The first-order valence-electron chi connectivity index (χ1n) is 6.17. The first-order chi connectivity index (χ1) is 8.75. The van der Waals surface area contributed by atoms with Crippen molar-refractivity contribution < 1.29 is 4.74 Å². The van der Waals surface area contributed by atoms with Gasteiger partial charge in [-0.05, 0) is 37.1 Å². The molecule has 0 unspecified atom stereocenters. The maximum Gasteiger partial charge on any atom is 0.122 e. The SMILES string of the molecule is Cc1ccc(OC/C=C/c2ccccc2)c(C)c1. The van der Waals surface area contributed by atoms with Gasteiger partial charge in [0.1, 0.15) is 12.4 Å². The number of aryl methyl sites for hydroxylation is 2. The Morgan fingerprint density at radius 1 is 1.00 bits per heavy atom. The van der Waals surface area contributed by atoms with Gasteiger partial charge in [0.15, 0.2) is 0 Å². The van der Waals surface area contributed by atoms with Crippen molar-refractivity contribution in [3.63, 3.8) is 0 Å². The van der Waals surface area contributed by atoms with E-state index < -0.39 is 0 Å². The van der Waals surface area contributed by atoms with Crippen LogP contribution in [0.15, 0.2) is 54.6 Å². The van der Waals surface area contributed by atoms with Gasteiger partial charge in [0.25, 0.3) is 0 Å². The van der Waals surface area contributed by atoms with E-state index >= 15 is 0 Å². The molecule has 0 radical (unpaired) electrons. The average molecular weight is 238 g/mol. The highest BCUT2D eigenvalue weighted by Crippen LogP contribution is 2.18. The van der Waals surface area contributed by atoms with Crippen LogP contribution in [0.4, 0.5) is 0 Å². The normalized spacial score (nSPS) is 10.8. The van der Waals surface area contributed by atoms with E-state index in [2.05, 4.69) is 44.2 Å². The van der Waals surface area contributed by atoms with Gasteiger partial charge < -0.3 is 4.74 Å². The third-order valence-corrected chi connectivity index (χ3v) is 2.78. The van der Waals surface area contributed by atoms with Crippen LogP contribution in [0, 0.1) is 13.8 Å². The predicted molar refractivity (Wildman–Crippen MR) is 76.9 cm³/mol. The third-order valence-electron chi connectivity index (χ3n) is 2.78. The summed E-state index contributed by atoms with van der Waals surface area (Å²) in [5.74, 6) is 0.957. The van der Waals surface area contributed by atoms with E-state index in [1.165, 1.54) is 16.7 Å². The molecule has 18 heavy (non-hydrogen) atoms. The van der Waals surface area contributed by atoms with E-state index in [1.54, 1.807) is 0 Å². The summed E-state index contributed by atoms with van der Waals surface area (Å²) in [6.07, 6.45) is 4.11. The van der Waals surface area contributed by atoms with Crippen molar-refractivity contribution in [2.24, 2.45) is 0 Å². The molecule has 0 saturated heterocycles. The largest absolute Gasteiger partial charge is 0.489 e. The summed E-state index contributed by atoms with van der Waals surface area (Å²) in [4.78, 5) is 0. The number of benzene rings is 2. The molecule has 0 fully saturated rings. The van der Waals surface area contributed by atoms with Gasteiger partial charge >= 0.3 is 0 Å². The van der Waals surface area contributed by atoms with Crippen LogP contribution in [0.5, 0.6) is 5.75 Å². The Balaban J connectivity index is 1.91. The fourth-order valence-corrected chi connectivity index (χ4v) is 1.85. The van der Waals surface area contributed by atoms with Gasteiger partial charge in [0.05, 0.1) is 0 Å². The minimum Gasteiger partial charge on any atom is -0.489 e. The van der Waals surface area contributed by atoms with Gasteiger partial charge in [-0.25, -0.2) is 0 Å². The van der Waals surface area contributed by atoms with Crippen LogP contribution in [-0.4, -0.2) is 6.61 Å². The third kappa shape index (κ3) is 3.49. The summed E-state index contributed by atoms with van der Waals surface area (Å²) in [6, 6.07) is 16.5. The molecule has 0 N–H and O–H groups in total. The second kappa shape index (κ2) is 6.06. The first-order valence-corrected chi connectivity index (χ1v) is 6.17. The molecule has 2 aromatic rings. The second-order valence-corrected chi connectivity index (χ2v) is 4.39. The number of ether oxygens (including phenoxy) is 1. The van der Waals surface area contributed by atoms with Gasteiger partial charge in [-0.15, -0.1) is 0 Å². The standard InChI is InChI=1S/C17H18O/c1-14-10-11-17(15(2)13-14)18-12-6-9-16-7-4-3-5-8-16/h3-11,13H,12H2,1-2H3/b9-6+. The maximum atomic E-state index is 5.73. The lowest BCUT2D eigenvalue weighted by Crippen LogP contribution is -1.95. The van der Waals surface area contributed by atoms with Gasteiger partial charge in [0.2, 0.25) is 0 Å². The maximum absolute atomic E-state index is 5.73. The molecule has 2 aromatic carbocycles. The van der Waals surface area contributed by atoms with Crippen LogP contribution in [0.1, 0.15) is 16.7 Å². The minimum atomic E-state index is 0.596. The number of rotatable bonds is 4. The summed E-state index contributed by atoms with van der Waals surface area (Å²) in [5.41, 5.74) is 3.64. The highest BCUT2D eigenvalue weighted by molar-refractivity contribution is 5.48. The molecule has 0 aliphatic carbocycles. The molecular weight excluding hydrogens is 220 g/mol. The van der Waals surface area contributed by atoms with Crippen molar-refractivity contribution in [1.82, 2.24) is 0 Å². The van der Waals surface area contributed by atoms with Gasteiger partial charge in [-0.3, -0.25) is 0 Å². The summed E-state index contributed by atoms with van der Waals surface area (Å²) < 4.78 is 5.73. The zero-order valence-corrected chi connectivity index (χ0v) is 10.9. The quantitative estimate of drug-likeness (QED) is 0.767. The van der Waals surface area contributed by atoms with Gasteiger partial charge in [-0.1, -0.05) is 54.1 Å². The van der Waals surface area contributed by atoms with E-state index in [4.69, 9.17) is 4.74 Å². The second-order valence-electron chi connectivity index (χ2n) is 4.39. The Kier molecular flexibility index (Phi) is 4.19. The fraction of sp³-hybridized carbons (Fsp3) is 0.176. The zero-order chi connectivity index (χ0) is 12.8. The van der Waals surface area contributed by atoms with Crippen LogP contribution in [-0.2, 0) is 0 Å². The molecule has 2 rings (SSSR count). The Morgan fingerprint density at radius 3 is 2.50 bits per heavy atom. The first kappa shape index (κ1) is 12.4. The lowest BCUT2D eigenvalue weighted by atomic mass is 10.1. The molecule has 92 valence electrons. The van der Waals surface area contributed by atoms with Crippen LogP contribution in [0.2, 0.25) is 0 Å². The lowest BCUT2D eigenvalue weighted by molar-refractivity contribution is 0.361. The van der Waals surface area contributed by atoms with Crippen molar-refractivity contribution in [1.29, 1.82) is 0 Å². The Labute approximate surface area is 109 Å². The molecule has 0 heterocycles. The molecule has 0 aliphatic rings. The van der Waals surface area contributed by atoms with Crippen molar-refractivity contribution in [3.8, 4) is 5.75 Å². The zero-order valence-electron chi connectivity index (χ0n) is 10.9.